The number of rotatable bonds is 1. The van der Waals surface area contributed by atoms with E-state index >= 15 is 0 Å². The second-order valence-corrected chi connectivity index (χ2v) is 11.3. The van der Waals surface area contributed by atoms with Crippen LogP contribution in [0.1, 0.15) is 65.2 Å². The number of fused-ring (bicyclic) bond motifs is 5. The van der Waals surface area contributed by atoms with E-state index in [-0.39, 0.29) is 5.41 Å². The first-order valence-electron chi connectivity index (χ1n) is 12.2. The molecule has 2 saturated heterocycles. The van der Waals surface area contributed by atoms with Gasteiger partial charge in [-0.25, -0.2) is 0 Å². The number of allylic oxidation sites excluding steroid dienone is 1. The largest absolute Gasteiger partial charge is 0.343 e. The molecule has 4 nitrogen and oxygen atoms in total. The van der Waals surface area contributed by atoms with E-state index in [1.165, 1.54) is 38.5 Å². The fourth-order valence-electron chi connectivity index (χ4n) is 9.41. The Bertz CT molecular complexity index is 678. The zero-order chi connectivity index (χ0) is 19.9. The summed E-state index contributed by atoms with van der Waals surface area (Å²) in [7, 11) is 0. The summed E-state index contributed by atoms with van der Waals surface area (Å²) < 4.78 is 25.9. The zero-order valence-electron chi connectivity index (χ0n) is 18.3. The normalized spacial score (nSPS) is 58.9. The van der Waals surface area contributed by atoms with Crippen molar-refractivity contribution in [1.29, 1.82) is 0 Å². The third-order valence-corrected chi connectivity index (χ3v) is 10.6. The lowest BCUT2D eigenvalue weighted by Gasteiger charge is -2.63. The van der Waals surface area contributed by atoms with E-state index in [0.29, 0.717) is 49.6 Å². The van der Waals surface area contributed by atoms with Gasteiger partial charge < -0.3 is 18.9 Å². The van der Waals surface area contributed by atoms with Gasteiger partial charge >= 0.3 is 0 Å². The molecular weight excluding hydrogens is 364 g/mol. The molecule has 7 atom stereocenters. The van der Waals surface area contributed by atoms with Crippen molar-refractivity contribution in [2.45, 2.75) is 76.8 Å². The summed E-state index contributed by atoms with van der Waals surface area (Å²) in [6.45, 7) is 11.8. The number of hydrogen-bond donors (Lipinski definition) is 0. The molecule has 4 saturated carbocycles. The van der Waals surface area contributed by atoms with Gasteiger partial charge in [-0.15, -0.1) is 6.58 Å². The van der Waals surface area contributed by atoms with E-state index < -0.39 is 11.6 Å². The van der Waals surface area contributed by atoms with Gasteiger partial charge in [0.2, 0.25) is 11.6 Å². The second-order valence-electron chi connectivity index (χ2n) is 11.3. The average molecular weight is 403 g/mol. The van der Waals surface area contributed by atoms with Gasteiger partial charge in [0.1, 0.15) is 0 Å². The minimum absolute atomic E-state index is 0.0431. The van der Waals surface area contributed by atoms with Crippen molar-refractivity contribution in [3.8, 4) is 0 Å². The molecule has 4 aliphatic carbocycles. The van der Waals surface area contributed by atoms with Gasteiger partial charge in [-0.05, 0) is 67.1 Å². The van der Waals surface area contributed by atoms with Gasteiger partial charge in [-0.2, -0.15) is 0 Å². The Balaban J connectivity index is 1.43. The highest BCUT2D eigenvalue weighted by atomic mass is 16.8. The maximum absolute atomic E-state index is 6.53. The highest BCUT2D eigenvalue weighted by Gasteiger charge is 2.79. The fourth-order valence-corrected chi connectivity index (χ4v) is 9.41. The van der Waals surface area contributed by atoms with Crippen molar-refractivity contribution in [3.63, 3.8) is 0 Å². The highest BCUT2D eigenvalue weighted by molar-refractivity contribution is 5.20. The van der Waals surface area contributed by atoms with Crippen molar-refractivity contribution in [3.05, 3.63) is 12.7 Å². The third kappa shape index (κ3) is 2.20. The lowest BCUT2D eigenvalue weighted by Crippen LogP contribution is -2.69. The minimum atomic E-state index is -0.722. The summed E-state index contributed by atoms with van der Waals surface area (Å²) in [6, 6.07) is 0. The van der Waals surface area contributed by atoms with Gasteiger partial charge in [0, 0.05) is 11.8 Å². The van der Waals surface area contributed by atoms with Crippen molar-refractivity contribution >= 4 is 0 Å². The smallest absolute Gasteiger partial charge is 0.229 e. The van der Waals surface area contributed by atoms with E-state index in [0.717, 1.165) is 24.7 Å². The Morgan fingerprint density at radius 2 is 1.55 bits per heavy atom. The number of hydrogen-bond acceptors (Lipinski definition) is 4. The first-order chi connectivity index (χ1) is 14.0. The second kappa shape index (κ2) is 6.31. The highest BCUT2D eigenvalue weighted by Crippen LogP contribution is 2.73. The van der Waals surface area contributed by atoms with Crippen LogP contribution < -0.4 is 0 Å². The Kier molecular flexibility index (Phi) is 4.19. The van der Waals surface area contributed by atoms with Crippen LogP contribution in [0.15, 0.2) is 12.7 Å². The Hall–Kier alpha value is -0.420. The summed E-state index contributed by atoms with van der Waals surface area (Å²) >= 11 is 0. The maximum Gasteiger partial charge on any atom is 0.229 e. The summed E-state index contributed by atoms with van der Waals surface area (Å²) in [6.07, 6.45) is 12.5. The molecule has 0 bridgehead atoms. The van der Waals surface area contributed by atoms with Crippen LogP contribution in [0, 0.1) is 40.4 Å². The quantitative estimate of drug-likeness (QED) is 0.583. The summed E-state index contributed by atoms with van der Waals surface area (Å²) in [5.74, 6) is 2.06. The zero-order valence-corrected chi connectivity index (χ0v) is 18.3. The van der Waals surface area contributed by atoms with Gasteiger partial charge in [0.15, 0.2) is 0 Å². The molecule has 2 aliphatic heterocycles. The third-order valence-electron chi connectivity index (χ3n) is 10.6. The molecule has 0 aromatic carbocycles. The van der Waals surface area contributed by atoms with Crippen LogP contribution in [0.2, 0.25) is 0 Å². The minimum Gasteiger partial charge on any atom is -0.343 e. The fraction of sp³-hybridized carbons (Fsp3) is 0.920. The van der Waals surface area contributed by atoms with Crippen molar-refractivity contribution in [1.82, 2.24) is 0 Å². The lowest BCUT2D eigenvalue weighted by atomic mass is 9.43. The Labute approximate surface area is 175 Å². The van der Waals surface area contributed by atoms with Crippen LogP contribution in [0.5, 0.6) is 0 Å². The molecule has 0 radical (unpaired) electrons. The predicted molar refractivity (Wildman–Crippen MR) is 110 cm³/mol. The Morgan fingerprint density at radius 1 is 0.828 bits per heavy atom. The molecule has 0 amide bonds. The van der Waals surface area contributed by atoms with Gasteiger partial charge in [0.05, 0.1) is 26.4 Å². The van der Waals surface area contributed by atoms with Gasteiger partial charge in [-0.3, -0.25) is 0 Å². The Morgan fingerprint density at radius 3 is 2.28 bits per heavy atom. The molecular formula is C25H38O4. The topological polar surface area (TPSA) is 36.9 Å². The van der Waals surface area contributed by atoms with E-state index in [1.807, 2.05) is 0 Å². The predicted octanol–water partition coefficient (Wildman–Crippen LogP) is 4.93. The lowest BCUT2D eigenvalue weighted by molar-refractivity contribution is -0.474. The van der Waals surface area contributed by atoms with E-state index in [9.17, 15) is 0 Å². The molecule has 2 heterocycles. The summed E-state index contributed by atoms with van der Waals surface area (Å²) in [4.78, 5) is 0. The average Bonchev–Trinajstić information content (AvgIpc) is 2.99. The molecule has 1 unspecified atom stereocenters. The molecule has 6 fully saturated rings. The van der Waals surface area contributed by atoms with Crippen LogP contribution >= 0.6 is 0 Å². The standard InChI is InChI=1S/C25H38O4/c1-4-17-15-18-20(22(2)9-6-5-7-19(17)22)8-10-23(3)21(18)16-24-25(23,28-13-11-26-24)29-14-12-27-24/h4,17-21H,1,5-16H2,2-3H3/t17-,18+,19?,20-,21-,22-,23-,24?,25?/m0/s1. The molecule has 6 rings (SSSR count). The molecule has 162 valence electrons. The van der Waals surface area contributed by atoms with Crippen molar-refractivity contribution < 1.29 is 18.9 Å². The molecule has 29 heavy (non-hydrogen) atoms. The monoisotopic (exact) mass is 402 g/mol. The van der Waals surface area contributed by atoms with Gasteiger partial charge in [-0.1, -0.05) is 32.8 Å². The van der Waals surface area contributed by atoms with Crippen LogP contribution in [-0.4, -0.2) is 38.0 Å². The van der Waals surface area contributed by atoms with Crippen LogP contribution in [0.4, 0.5) is 0 Å². The van der Waals surface area contributed by atoms with Crippen LogP contribution in [0.25, 0.3) is 0 Å². The maximum atomic E-state index is 6.53. The van der Waals surface area contributed by atoms with E-state index in [2.05, 4.69) is 26.5 Å². The van der Waals surface area contributed by atoms with Crippen LogP contribution in [-0.2, 0) is 18.9 Å². The molecule has 0 N–H and O–H groups in total. The SMILES string of the molecule is C=C[C@H]1C[C@@H]2[C@H](CC[C@@]3(C)[C@H]2CC24OCCOC23OCCO4)[C@@]2(C)CCCCC12. The molecule has 0 aromatic heterocycles. The van der Waals surface area contributed by atoms with E-state index in [1.54, 1.807) is 0 Å². The molecule has 0 aromatic rings. The first kappa shape index (κ1) is 19.3. The summed E-state index contributed by atoms with van der Waals surface area (Å²) in [5, 5.41) is 0. The van der Waals surface area contributed by atoms with Gasteiger partial charge in [0.25, 0.3) is 0 Å². The van der Waals surface area contributed by atoms with Crippen molar-refractivity contribution in [2.75, 3.05) is 26.4 Å². The molecule has 0 spiro atoms. The van der Waals surface area contributed by atoms with Crippen molar-refractivity contribution in [2.24, 2.45) is 40.4 Å². The first-order valence-corrected chi connectivity index (χ1v) is 12.2. The number of ether oxygens (including phenoxy) is 4. The van der Waals surface area contributed by atoms with Crippen LogP contribution in [0.3, 0.4) is 0 Å². The molecule has 4 heteroatoms. The van der Waals surface area contributed by atoms with E-state index in [4.69, 9.17) is 18.9 Å². The molecule has 6 aliphatic rings. The summed E-state index contributed by atoms with van der Waals surface area (Å²) in [5.41, 5.74) is 0.414.